The second kappa shape index (κ2) is 7.01. The number of anilines is 1. The Kier molecular flexibility index (Phi) is 4.50. The van der Waals surface area contributed by atoms with Gasteiger partial charge in [-0.05, 0) is 60.0 Å². The van der Waals surface area contributed by atoms with Gasteiger partial charge in [0.25, 0.3) is 5.91 Å². The molecule has 7 heteroatoms. The van der Waals surface area contributed by atoms with E-state index < -0.39 is 29.0 Å². The van der Waals surface area contributed by atoms with E-state index in [9.17, 15) is 18.4 Å². The van der Waals surface area contributed by atoms with Crippen molar-refractivity contribution in [1.82, 2.24) is 4.57 Å². The van der Waals surface area contributed by atoms with Gasteiger partial charge >= 0.3 is 5.76 Å². The molecule has 1 aromatic heterocycles. The molecule has 1 amide bonds. The van der Waals surface area contributed by atoms with E-state index in [1.165, 1.54) is 10.6 Å². The zero-order valence-electron chi connectivity index (χ0n) is 15.6. The quantitative estimate of drug-likeness (QED) is 0.551. The van der Waals surface area contributed by atoms with Crippen LogP contribution in [0.5, 0.6) is 0 Å². The summed E-state index contributed by atoms with van der Waals surface area (Å²) < 4.78 is 34.1. The molecule has 0 saturated heterocycles. The van der Waals surface area contributed by atoms with Crippen LogP contribution in [0.1, 0.15) is 15.9 Å². The van der Waals surface area contributed by atoms with Gasteiger partial charge in [0.05, 0.1) is 5.52 Å². The molecular weight excluding hydrogens is 378 g/mol. The Labute approximate surface area is 164 Å². The van der Waals surface area contributed by atoms with E-state index in [1.807, 2.05) is 13.0 Å². The van der Waals surface area contributed by atoms with Gasteiger partial charge < -0.3 is 9.73 Å². The number of carbonyl (C=O) groups excluding carboxylic acids is 1. The third-order valence-corrected chi connectivity index (χ3v) is 4.80. The summed E-state index contributed by atoms with van der Waals surface area (Å²) in [6, 6.07) is 13.6. The summed E-state index contributed by atoms with van der Waals surface area (Å²) in [5.41, 5.74) is 3.54. The second-order valence-electron chi connectivity index (χ2n) is 6.69. The number of aryl methyl sites for hydroxylation is 2. The van der Waals surface area contributed by atoms with E-state index in [2.05, 4.69) is 5.32 Å². The van der Waals surface area contributed by atoms with Crippen molar-refractivity contribution in [2.45, 2.75) is 6.92 Å². The predicted octanol–water partition coefficient (Wildman–Crippen LogP) is 4.64. The first-order valence-electron chi connectivity index (χ1n) is 8.81. The summed E-state index contributed by atoms with van der Waals surface area (Å²) in [7, 11) is 1.63. The van der Waals surface area contributed by atoms with Crippen LogP contribution in [-0.4, -0.2) is 10.5 Å². The van der Waals surface area contributed by atoms with Crippen LogP contribution < -0.4 is 11.1 Å². The highest BCUT2D eigenvalue weighted by atomic mass is 19.1. The van der Waals surface area contributed by atoms with E-state index in [1.54, 1.807) is 37.4 Å². The van der Waals surface area contributed by atoms with Gasteiger partial charge in [0.15, 0.2) is 5.58 Å². The lowest BCUT2D eigenvalue weighted by Crippen LogP contribution is -2.14. The Balaban J connectivity index is 1.65. The fourth-order valence-corrected chi connectivity index (χ4v) is 3.19. The number of nitrogens with zero attached hydrogens (tertiary/aromatic N) is 1. The Bertz CT molecular complexity index is 1280. The second-order valence-corrected chi connectivity index (χ2v) is 6.69. The number of carbonyl (C=O) groups is 1. The maximum atomic E-state index is 13.7. The summed E-state index contributed by atoms with van der Waals surface area (Å²) in [6.07, 6.45) is 0. The number of hydrogen-bond acceptors (Lipinski definition) is 3. The molecule has 0 unspecified atom stereocenters. The molecule has 0 saturated carbocycles. The van der Waals surface area contributed by atoms with Crippen LogP contribution in [0, 0.1) is 18.6 Å². The van der Waals surface area contributed by atoms with Crippen LogP contribution in [0.2, 0.25) is 0 Å². The molecule has 29 heavy (non-hydrogen) atoms. The molecule has 3 aromatic carbocycles. The average Bonchev–Trinajstić information content (AvgIpc) is 2.97. The van der Waals surface area contributed by atoms with Crippen LogP contribution in [0.4, 0.5) is 14.5 Å². The van der Waals surface area contributed by atoms with Gasteiger partial charge in [-0.3, -0.25) is 9.36 Å². The van der Waals surface area contributed by atoms with Crippen molar-refractivity contribution in [1.29, 1.82) is 0 Å². The Morgan fingerprint density at radius 1 is 1.03 bits per heavy atom. The van der Waals surface area contributed by atoms with Crippen LogP contribution in [-0.2, 0) is 7.05 Å². The van der Waals surface area contributed by atoms with Crippen molar-refractivity contribution < 1.29 is 18.0 Å². The van der Waals surface area contributed by atoms with Gasteiger partial charge in [0.1, 0.15) is 17.3 Å². The number of oxazole rings is 1. The van der Waals surface area contributed by atoms with Gasteiger partial charge in [0.2, 0.25) is 0 Å². The molecular formula is C22H16F2N2O3. The van der Waals surface area contributed by atoms with Gasteiger partial charge in [-0.2, -0.15) is 0 Å². The van der Waals surface area contributed by atoms with E-state index in [0.29, 0.717) is 11.1 Å². The van der Waals surface area contributed by atoms with Gasteiger partial charge in [-0.1, -0.05) is 18.2 Å². The lowest BCUT2D eigenvalue weighted by molar-refractivity contribution is 0.102. The number of hydrogen-bond donors (Lipinski definition) is 1. The lowest BCUT2D eigenvalue weighted by Gasteiger charge is -2.10. The maximum absolute atomic E-state index is 13.7. The molecule has 0 bridgehead atoms. The highest BCUT2D eigenvalue weighted by molar-refractivity contribution is 6.04. The number of nitrogens with one attached hydrogen (secondary N) is 1. The lowest BCUT2D eigenvalue weighted by atomic mass is 9.98. The van der Waals surface area contributed by atoms with Crippen LogP contribution in [0.3, 0.4) is 0 Å². The molecule has 0 aliphatic heterocycles. The van der Waals surface area contributed by atoms with Crippen molar-refractivity contribution >= 4 is 22.7 Å². The maximum Gasteiger partial charge on any atom is 0.419 e. The van der Waals surface area contributed by atoms with Gasteiger partial charge in [-0.15, -0.1) is 0 Å². The van der Waals surface area contributed by atoms with Crippen molar-refractivity contribution in [3.05, 3.63) is 87.9 Å². The SMILES string of the molecule is Cc1cc2oc(=O)n(C)c2cc1-c1ccc(C(=O)Nc2c(F)cccc2F)cc1. The predicted molar refractivity (Wildman–Crippen MR) is 106 cm³/mol. The molecule has 146 valence electrons. The van der Waals surface area contributed by atoms with E-state index in [-0.39, 0.29) is 5.56 Å². The van der Waals surface area contributed by atoms with Crippen molar-refractivity contribution in [2.24, 2.45) is 7.05 Å². The summed E-state index contributed by atoms with van der Waals surface area (Å²) in [4.78, 5) is 24.1. The number of halogens is 2. The molecule has 0 atom stereocenters. The standard InChI is InChI=1S/C22H16F2N2O3/c1-12-10-19-18(26(2)22(28)29-19)11-15(12)13-6-8-14(9-7-13)21(27)25-20-16(23)4-3-5-17(20)24/h3-11H,1-2H3,(H,25,27). The highest BCUT2D eigenvalue weighted by Gasteiger charge is 2.15. The highest BCUT2D eigenvalue weighted by Crippen LogP contribution is 2.28. The molecule has 1 heterocycles. The Hall–Kier alpha value is -3.74. The fourth-order valence-electron chi connectivity index (χ4n) is 3.19. The average molecular weight is 394 g/mol. The molecule has 0 aliphatic rings. The number of amides is 1. The fraction of sp³-hybridized carbons (Fsp3) is 0.0909. The minimum atomic E-state index is -0.843. The molecule has 0 aliphatic carbocycles. The summed E-state index contributed by atoms with van der Waals surface area (Å²) in [5.74, 6) is -2.75. The molecule has 1 N–H and O–H groups in total. The molecule has 0 radical (unpaired) electrons. The van der Waals surface area contributed by atoms with Crippen molar-refractivity contribution in [2.75, 3.05) is 5.32 Å². The van der Waals surface area contributed by atoms with E-state index in [0.717, 1.165) is 28.8 Å². The topological polar surface area (TPSA) is 64.2 Å². The first-order chi connectivity index (χ1) is 13.8. The minimum absolute atomic E-state index is 0.255. The normalized spacial score (nSPS) is 11.0. The zero-order chi connectivity index (χ0) is 20.7. The van der Waals surface area contributed by atoms with Gasteiger partial charge in [-0.25, -0.2) is 13.6 Å². The van der Waals surface area contributed by atoms with Crippen LogP contribution in [0.25, 0.3) is 22.2 Å². The molecule has 4 aromatic rings. The summed E-state index contributed by atoms with van der Waals surface area (Å²) >= 11 is 0. The van der Waals surface area contributed by atoms with E-state index in [4.69, 9.17) is 4.42 Å². The molecule has 0 fully saturated rings. The smallest absolute Gasteiger partial charge is 0.408 e. The third kappa shape index (κ3) is 3.31. The first kappa shape index (κ1) is 18.6. The number of benzene rings is 3. The van der Waals surface area contributed by atoms with E-state index >= 15 is 0 Å². The number of aromatic nitrogens is 1. The van der Waals surface area contributed by atoms with Crippen molar-refractivity contribution in [3.63, 3.8) is 0 Å². The largest absolute Gasteiger partial charge is 0.419 e. The number of rotatable bonds is 3. The zero-order valence-corrected chi connectivity index (χ0v) is 15.6. The van der Waals surface area contributed by atoms with Crippen LogP contribution in [0.15, 0.2) is 63.8 Å². The number of para-hydroxylation sites is 1. The minimum Gasteiger partial charge on any atom is -0.408 e. The molecule has 0 spiro atoms. The summed E-state index contributed by atoms with van der Waals surface area (Å²) in [6.45, 7) is 1.89. The number of fused-ring (bicyclic) bond motifs is 1. The Morgan fingerprint density at radius 3 is 2.34 bits per heavy atom. The third-order valence-electron chi connectivity index (χ3n) is 4.80. The first-order valence-corrected chi connectivity index (χ1v) is 8.81. The molecule has 4 rings (SSSR count). The van der Waals surface area contributed by atoms with Crippen molar-refractivity contribution in [3.8, 4) is 11.1 Å². The van der Waals surface area contributed by atoms with Crippen LogP contribution >= 0.6 is 0 Å². The monoisotopic (exact) mass is 394 g/mol. The molecule has 5 nitrogen and oxygen atoms in total. The summed E-state index contributed by atoms with van der Waals surface area (Å²) in [5, 5.41) is 2.26. The Morgan fingerprint density at radius 2 is 1.69 bits per heavy atom. The van der Waals surface area contributed by atoms with Gasteiger partial charge in [0, 0.05) is 12.6 Å².